The summed E-state index contributed by atoms with van der Waals surface area (Å²) in [6, 6.07) is 0. The first-order valence-corrected chi connectivity index (χ1v) is 13.4. The Kier molecular flexibility index (Phi) is 14.0. The molecule has 4 heteroatoms. The Morgan fingerprint density at radius 3 is 2.16 bits per heavy atom. The van der Waals surface area contributed by atoms with Gasteiger partial charge in [0, 0.05) is 12.8 Å². The SMILES string of the molecule is CCCCCCCCCCC/C(=C/C1OC(=O)C1CCCCCC)OC1CCCCO1. The summed E-state index contributed by atoms with van der Waals surface area (Å²) in [7, 11) is 0. The number of allylic oxidation sites excluding steroid dienone is 1. The van der Waals surface area contributed by atoms with Gasteiger partial charge in [-0.2, -0.15) is 0 Å². The van der Waals surface area contributed by atoms with Crippen LogP contribution in [0.25, 0.3) is 0 Å². The first kappa shape index (κ1) is 26.2. The molecule has 2 rings (SSSR count). The highest BCUT2D eigenvalue weighted by Crippen LogP contribution is 2.31. The van der Waals surface area contributed by atoms with Gasteiger partial charge in [-0.15, -0.1) is 0 Å². The first-order chi connectivity index (χ1) is 15.2. The van der Waals surface area contributed by atoms with E-state index in [1.165, 1.54) is 70.6 Å². The summed E-state index contributed by atoms with van der Waals surface area (Å²) in [5.74, 6) is 0.964. The van der Waals surface area contributed by atoms with Gasteiger partial charge in [0.15, 0.2) is 6.29 Å². The largest absolute Gasteiger partial charge is 0.469 e. The fourth-order valence-corrected chi connectivity index (χ4v) is 4.54. The molecule has 0 aliphatic carbocycles. The summed E-state index contributed by atoms with van der Waals surface area (Å²) in [6.45, 7) is 5.27. The topological polar surface area (TPSA) is 44.8 Å². The van der Waals surface area contributed by atoms with Crippen molar-refractivity contribution in [1.82, 2.24) is 0 Å². The molecule has 3 atom stereocenters. The fraction of sp³-hybridized carbons (Fsp3) is 0.889. The highest BCUT2D eigenvalue weighted by Gasteiger charge is 2.40. The second-order valence-corrected chi connectivity index (χ2v) is 9.48. The number of hydrogen-bond acceptors (Lipinski definition) is 4. The summed E-state index contributed by atoms with van der Waals surface area (Å²) in [5.41, 5.74) is 0. The van der Waals surface area contributed by atoms with Gasteiger partial charge in [-0.1, -0.05) is 90.9 Å². The first-order valence-electron chi connectivity index (χ1n) is 13.4. The van der Waals surface area contributed by atoms with Crippen molar-refractivity contribution >= 4 is 5.97 Å². The van der Waals surface area contributed by atoms with Gasteiger partial charge in [0.1, 0.15) is 6.10 Å². The van der Waals surface area contributed by atoms with E-state index in [9.17, 15) is 4.79 Å². The Bertz CT molecular complexity index is 495. The maximum Gasteiger partial charge on any atom is 0.313 e. The van der Waals surface area contributed by atoms with Crippen molar-refractivity contribution in [3.63, 3.8) is 0 Å². The minimum atomic E-state index is -0.127. The van der Waals surface area contributed by atoms with Crippen molar-refractivity contribution in [3.8, 4) is 0 Å². The minimum Gasteiger partial charge on any atom is -0.469 e. The third kappa shape index (κ3) is 10.9. The van der Waals surface area contributed by atoms with Crippen LogP contribution in [0.15, 0.2) is 11.8 Å². The number of hydrogen-bond donors (Lipinski definition) is 0. The van der Waals surface area contributed by atoms with Crippen molar-refractivity contribution in [2.75, 3.05) is 6.61 Å². The molecule has 0 N–H and O–H groups in total. The number of carbonyl (C=O) groups excluding carboxylic acids is 1. The zero-order chi connectivity index (χ0) is 22.2. The van der Waals surface area contributed by atoms with Crippen molar-refractivity contribution in [2.45, 2.75) is 142 Å². The molecule has 0 saturated carbocycles. The number of carbonyl (C=O) groups is 1. The fourth-order valence-electron chi connectivity index (χ4n) is 4.54. The second kappa shape index (κ2) is 16.6. The lowest BCUT2D eigenvalue weighted by molar-refractivity contribution is -0.179. The quantitative estimate of drug-likeness (QED) is 0.125. The van der Waals surface area contributed by atoms with Crippen molar-refractivity contribution in [2.24, 2.45) is 5.92 Å². The summed E-state index contributed by atoms with van der Waals surface area (Å²) in [5, 5.41) is 0. The van der Waals surface area contributed by atoms with Gasteiger partial charge in [0.05, 0.1) is 18.3 Å². The molecular weight excluding hydrogens is 388 g/mol. The lowest BCUT2D eigenvalue weighted by atomic mass is 9.90. The molecule has 3 unspecified atom stereocenters. The Morgan fingerprint density at radius 1 is 0.903 bits per heavy atom. The zero-order valence-corrected chi connectivity index (χ0v) is 20.4. The highest BCUT2D eigenvalue weighted by atomic mass is 16.7. The van der Waals surface area contributed by atoms with E-state index in [-0.39, 0.29) is 24.3 Å². The molecule has 2 aliphatic heterocycles. The molecular formula is C27H48O4. The highest BCUT2D eigenvalue weighted by molar-refractivity contribution is 5.79. The van der Waals surface area contributed by atoms with Gasteiger partial charge in [0.2, 0.25) is 0 Å². The smallest absolute Gasteiger partial charge is 0.313 e. The Labute approximate surface area is 191 Å². The molecule has 31 heavy (non-hydrogen) atoms. The van der Waals surface area contributed by atoms with Crippen LogP contribution in [-0.2, 0) is 19.0 Å². The third-order valence-corrected chi connectivity index (χ3v) is 6.62. The van der Waals surface area contributed by atoms with Crippen LogP contribution in [0, 0.1) is 5.92 Å². The van der Waals surface area contributed by atoms with E-state index in [1.54, 1.807) is 0 Å². The molecule has 0 radical (unpaired) electrons. The van der Waals surface area contributed by atoms with Crippen molar-refractivity contribution in [3.05, 3.63) is 11.8 Å². The lowest BCUT2D eigenvalue weighted by Gasteiger charge is -2.34. The second-order valence-electron chi connectivity index (χ2n) is 9.48. The number of esters is 1. The Morgan fingerprint density at radius 2 is 1.55 bits per heavy atom. The van der Waals surface area contributed by atoms with Gasteiger partial charge < -0.3 is 14.2 Å². The Balaban J connectivity index is 1.75. The van der Waals surface area contributed by atoms with Crippen molar-refractivity contribution in [1.29, 1.82) is 0 Å². The van der Waals surface area contributed by atoms with Gasteiger partial charge in [0.25, 0.3) is 0 Å². The van der Waals surface area contributed by atoms with Crippen LogP contribution in [0.2, 0.25) is 0 Å². The van der Waals surface area contributed by atoms with Crippen molar-refractivity contribution < 1.29 is 19.0 Å². The molecule has 180 valence electrons. The van der Waals surface area contributed by atoms with E-state index in [1.807, 2.05) is 0 Å². The van der Waals surface area contributed by atoms with Gasteiger partial charge >= 0.3 is 5.97 Å². The van der Waals surface area contributed by atoms with E-state index < -0.39 is 0 Å². The molecule has 2 saturated heterocycles. The van der Waals surface area contributed by atoms with Gasteiger partial charge in [-0.3, -0.25) is 4.79 Å². The predicted molar refractivity (Wildman–Crippen MR) is 127 cm³/mol. The van der Waals surface area contributed by atoms with Crippen LogP contribution >= 0.6 is 0 Å². The van der Waals surface area contributed by atoms with Crippen LogP contribution in [0.3, 0.4) is 0 Å². The average Bonchev–Trinajstić information content (AvgIpc) is 2.78. The molecule has 2 fully saturated rings. The van der Waals surface area contributed by atoms with Crippen LogP contribution < -0.4 is 0 Å². The van der Waals surface area contributed by atoms with E-state index in [0.717, 1.165) is 57.3 Å². The molecule has 0 bridgehead atoms. The number of unbranched alkanes of at least 4 members (excludes halogenated alkanes) is 11. The molecule has 0 aromatic rings. The third-order valence-electron chi connectivity index (χ3n) is 6.62. The predicted octanol–water partition coefficient (Wildman–Crippen LogP) is 7.85. The number of rotatable bonds is 18. The van der Waals surface area contributed by atoms with E-state index in [2.05, 4.69) is 19.9 Å². The molecule has 0 spiro atoms. The molecule has 0 amide bonds. The van der Waals surface area contributed by atoms with Gasteiger partial charge in [-0.05, 0) is 31.8 Å². The average molecular weight is 437 g/mol. The molecule has 2 aliphatic rings. The van der Waals surface area contributed by atoms with E-state index >= 15 is 0 Å². The van der Waals surface area contributed by atoms with Crippen LogP contribution in [0.5, 0.6) is 0 Å². The summed E-state index contributed by atoms with van der Waals surface area (Å²) in [4.78, 5) is 12.0. The normalized spacial score (nSPS) is 24.0. The lowest BCUT2D eigenvalue weighted by Crippen LogP contribution is -2.44. The summed E-state index contributed by atoms with van der Waals surface area (Å²) in [6.07, 6.45) is 23.6. The molecule has 4 nitrogen and oxygen atoms in total. The maximum atomic E-state index is 12.0. The van der Waals surface area contributed by atoms with E-state index in [4.69, 9.17) is 14.2 Å². The van der Waals surface area contributed by atoms with Crippen LogP contribution in [0.4, 0.5) is 0 Å². The number of cyclic esters (lactones) is 1. The van der Waals surface area contributed by atoms with E-state index in [0.29, 0.717) is 0 Å². The Hall–Kier alpha value is -1.03. The monoisotopic (exact) mass is 436 g/mol. The standard InChI is InChI=1S/C27H48O4/c1-3-5-7-9-10-11-12-13-14-18-23(30-26-20-16-17-21-29-26)22-25-24(27(28)31-25)19-15-8-6-4-2/h22,24-26H,3-21H2,1-2H3/b23-22-. The van der Waals surface area contributed by atoms with Gasteiger partial charge in [-0.25, -0.2) is 0 Å². The van der Waals surface area contributed by atoms with Crippen LogP contribution in [0.1, 0.15) is 129 Å². The maximum absolute atomic E-state index is 12.0. The van der Waals surface area contributed by atoms with Crippen LogP contribution in [-0.4, -0.2) is 25.0 Å². The summed E-state index contributed by atoms with van der Waals surface area (Å²) < 4.78 is 17.5. The number of ether oxygens (including phenoxy) is 3. The molecule has 0 aromatic heterocycles. The zero-order valence-electron chi connectivity index (χ0n) is 20.4. The summed E-state index contributed by atoms with van der Waals surface area (Å²) >= 11 is 0. The molecule has 2 heterocycles. The minimum absolute atomic E-state index is 0.0193. The molecule has 0 aromatic carbocycles.